The summed E-state index contributed by atoms with van der Waals surface area (Å²) in [5.41, 5.74) is 3.51. The molecule has 2 aromatic heterocycles. The molecule has 0 amide bonds. The lowest BCUT2D eigenvalue weighted by Gasteiger charge is -2.19. The van der Waals surface area contributed by atoms with Crippen LogP contribution in [-0.4, -0.2) is 56.8 Å². The molecule has 9 nitrogen and oxygen atoms in total. The first-order valence-electron chi connectivity index (χ1n) is 11.8. The molecule has 190 valence electrons. The zero-order valence-electron chi connectivity index (χ0n) is 20.7. The maximum Gasteiger partial charge on any atom is 0.338 e. The number of ether oxygens (including phenoxy) is 3. The van der Waals surface area contributed by atoms with E-state index in [1.807, 2.05) is 50.6 Å². The van der Waals surface area contributed by atoms with Gasteiger partial charge in [-0.2, -0.15) is 0 Å². The third-order valence-electron chi connectivity index (χ3n) is 6.18. The lowest BCUT2D eigenvalue weighted by Crippen LogP contribution is -2.32. The van der Waals surface area contributed by atoms with Crippen LogP contribution in [0.25, 0.3) is 11.0 Å². The normalized spacial score (nSPS) is 19.2. The molecule has 0 unspecified atom stereocenters. The van der Waals surface area contributed by atoms with Crippen molar-refractivity contribution in [2.75, 3.05) is 12.9 Å². The van der Waals surface area contributed by atoms with Gasteiger partial charge in [0.25, 0.3) is 0 Å². The molecule has 3 atom stereocenters. The SMILES string of the molecule is CSc1ncnc2nn([C@H]3C[C@H](OC(=O)c4ccc(C)cc4)[C@@H](COC(=O)c4ccc(C)cc4)O3)cc12. The topological polar surface area (TPSA) is 105 Å². The average Bonchev–Trinajstić information content (AvgIpc) is 3.52. The molecule has 2 aromatic carbocycles. The molecule has 0 N–H and O–H groups in total. The maximum atomic E-state index is 12.9. The Bertz CT molecular complexity index is 1420. The molecular weight excluding hydrogens is 492 g/mol. The summed E-state index contributed by atoms with van der Waals surface area (Å²) in [5, 5.41) is 6.16. The zero-order chi connectivity index (χ0) is 25.9. The molecule has 0 spiro atoms. The van der Waals surface area contributed by atoms with Gasteiger partial charge in [0.1, 0.15) is 30.2 Å². The second-order valence-electron chi connectivity index (χ2n) is 8.87. The van der Waals surface area contributed by atoms with Crippen molar-refractivity contribution in [3.63, 3.8) is 0 Å². The summed E-state index contributed by atoms with van der Waals surface area (Å²) in [5.74, 6) is -0.939. The molecule has 0 saturated carbocycles. The summed E-state index contributed by atoms with van der Waals surface area (Å²) in [6.07, 6.45) is 3.70. The van der Waals surface area contributed by atoms with Crippen LogP contribution in [0, 0.1) is 13.8 Å². The average molecular weight is 519 g/mol. The van der Waals surface area contributed by atoms with Crippen molar-refractivity contribution in [3.8, 4) is 0 Å². The number of rotatable bonds is 7. The van der Waals surface area contributed by atoms with E-state index in [1.54, 1.807) is 28.9 Å². The molecule has 3 heterocycles. The molecule has 4 aromatic rings. The summed E-state index contributed by atoms with van der Waals surface area (Å²) < 4.78 is 19.3. The van der Waals surface area contributed by atoms with Gasteiger partial charge in [0.15, 0.2) is 11.9 Å². The molecule has 5 rings (SSSR count). The van der Waals surface area contributed by atoms with Crippen LogP contribution >= 0.6 is 11.8 Å². The van der Waals surface area contributed by atoms with Crippen molar-refractivity contribution in [1.82, 2.24) is 19.7 Å². The lowest BCUT2D eigenvalue weighted by atomic mass is 10.1. The highest BCUT2D eigenvalue weighted by Crippen LogP contribution is 2.33. The van der Waals surface area contributed by atoms with Crippen LogP contribution in [0.1, 0.15) is 44.5 Å². The van der Waals surface area contributed by atoms with Gasteiger partial charge in [-0.1, -0.05) is 35.4 Å². The first-order valence-corrected chi connectivity index (χ1v) is 13.0. The van der Waals surface area contributed by atoms with Crippen molar-refractivity contribution < 1.29 is 23.8 Å². The molecule has 0 aliphatic carbocycles. The Kier molecular flexibility index (Phi) is 7.20. The number of aromatic nitrogens is 4. The molecule has 1 fully saturated rings. The molecule has 1 aliphatic rings. The fourth-order valence-electron chi connectivity index (χ4n) is 4.11. The van der Waals surface area contributed by atoms with Crippen LogP contribution in [0.3, 0.4) is 0 Å². The maximum absolute atomic E-state index is 12.9. The van der Waals surface area contributed by atoms with Gasteiger partial charge < -0.3 is 14.2 Å². The Morgan fingerprint density at radius 1 is 1.00 bits per heavy atom. The second-order valence-corrected chi connectivity index (χ2v) is 9.66. The van der Waals surface area contributed by atoms with Crippen molar-refractivity contribution in [1.29, 1.82) is 0 Å². The molecule has 1 saturated heterocycles. The van der Waals surface area contributed by atoms with E-state index in [4.69, 9.17) is 14.2 Å². The van der Waals surface area contributed by atoms with E-state index in [0.717, 1.165) is 21.5 Å². The van der Waals surface area contributed by atoms with Gasteiger partial charge >= 0.3 is 11.9 Å². The Balaban J connectivity index is 1.35. The van der Waals surface area contributed by atoms with Gasteiger partial charge in [-0.3, -0.25) is 0 Å². The van der Waals surface area contributed by atoms with Crippen molar-refractivity contribution in [3.05, 3.63) is 83.3 Å². The van der Waals surface area contributed by atoms with Crippen molar-refractivity contribution in [2.45, 2.75) is 43.7 Å². The van der Waals surface area contributed by atoms with Crippen LogP contribution < -0.4 is 0 Å². The number of nitrogens with zero attached hydrogens (tertiary/aromatic N) is 4. The minimum atomic E-state index is -0.674. The number of esters is 2. The predicted molar refractivity (Wildman–Crippen MR) is 137 cm³/mol. The number of hydrogen-bond donors (Lipinski definition) is 0. The quantitative estimate of drug-likeness (QED) is 0.198. The zero-order valence-corrected chi connectivity index (χ0v) is 21.5. The van der Waals surface area contributed by atoms with Gasteiger partial charge in [0.2, 0.25) is 0 Å². The highest BCUT2D eigenvalue weighted by molar-refractivity contribution is 7.98. The molecular formula is C27H26N4O5S. The summed E-state index contributed by atoms with van der Waals surface area (Å²) in [4.78, 5) is 34.0. The minimum absolute atomic E-state index is 0.0777. The van der Waals surface area contributed by atoms with Crippen LogP contribution in [0.5, 0.6) is 0 Å². The van der Waals surface area contributed by atoms with Gasteiger partial charge in [0, 0.05) is 12.6 Å². The summed E-state index contributed by atoms with van der Waals surface area (Å²) in [6.45, 7) is 3.82. The van der Waals surface area contributed by atoms with Crippen LogP contribution in [-0.2, 0) is 14.2 Å². The van der Waals surface area contributed by atoms with E-state index in [1.165, 1.54) is 18.1 Å². The Morgan fingerprint density at radius 2 is 1.65 bits per heavy atom. The predicted octanol–water partition coefficient (Wildman–Crippen LogP) is 4.54. The molecule has 0 bridgehead atoms. The van der Waals surface area contributed by atoms with Crippen LogP contribution in [0.2, 0.25) is 0 Å². The first kappa shape index (κ1) is 24.9. The number of fused-ring (bicyclic) bond motifs is 1. The van der Waals surface area contributed by atoms with Crippen LogP contribution in [0.4, 0.5) is 0 Å². The van der Waals surface area contributed by atoms with Gasteiger partial charge in [0.05, 0.1) is 16.5 Å². The molecule has 37 heavy (non-hydrogen) atoms. The number of benzene rings is 2. The van der Waals surface area contributed by atoms with E-state index >= 15 is 0 Å². The summed E-state index contributed by atoms with van der Waals surface area (Å²) in [6, 6.07) is 14.3. The third-order valence-corrected chi connectivity index (χ3v) is 6.89. The standard InChI is InChI=1S/C27H26N4O5S/c1-16-4-8-18(9-5-16)26(32)34-14-22-21(36-27(33)19-10-6-17(2)7-11-19)12-23(35-22)31-13-20-24(30-31)28-15-29-25(20)37-3/h4-11,13,15,21-23H,12,14H2,1-3H3/t21-,22+,23+/m0/s1. The van der Waals surface area contributed by atoms with Gasteiger partial charge in [-0.25, -0.2) is 24.2 Å². The van der Waals surface area contributed by atoms with Gasteiger partial charge in [-0.15, -0.1) is 16.9 Å². The number of aryl methyl sites for hydroxylation is 2. The summed E-state index contributed by atoms with van der Waals surface area (Å²) >= 11 is 1.50. The number of hydrogen-bond acceptors (Lipinski definition) is 9. The highest BCUT2D eigenvalue weighted by Gasteiger charge is 2.40. The van der Waals surface area contributed by atoms with E-state index in [9.17, 15) is 9.59 Å². The fraction of sp³-hybridized carbons (Fsp3) is 0.296. The Labute approximate surface area is 218 Å². The Morgan fingerprint density at radius 3 is 2.30 bits per heavy atom. The number of thioether (sulfide) groups is 1. The third kappa shape index (κ3) is 5.50. The highest BCUT2D eigenvalue weighted by atomic mass is 32.2. The fourth-order valence-corrected chi connectivity index (χ4v) is 4.62. The van der Waals surface area contributed by atoms with E-state index in [0.29, 0.717) is 23.2 Å². The number of carbonyl (C=O) groups excluding carboxylic acids is 2. The van der Waals surface area contributed by atoms with Crippen molar-refractivity contribution >= 4 is 34.7 Å². The van der Waals surface area contributed by atoms with E-state index < -0.39 is 30.4 Å². The monoisotopic (exact) mass is 518 g/mol. The first-order chi connectivity index (χ1) is 17.9. The largest absolute Gasteiger partial charge is 0.459 e. The van der Waals surface area contributed by atoms with E-state index in [-0.39, 0.29) is 6.61 Å². The molecule has 10 heteroatoms. The smallest absolute Gasteiger partial charge is 0.338 e. The minimum Gasteiger partial charge on any atom is -0.459 e. The Hall–Kier alpha value is -3.76. The lowest BCUT2D eigenvalue weighted by molar-refractivity contribution is -0.0598. The van der Waals surface area contributed by atoms with Gasteiger partial charge in [-0.05, 0) is 44.4 Å². The van der Waals surface area contributed by atoms with E-state index in [2.05, 4.69) is 15.1 Å². The molecule has 1 aliphatic heterocycles. The molecule has 0 radical (unpaired) electrons. The van der Waals surface area contributed by atoms with Crippen LogP contribution in [0.15, 0.2) is 66.1 Å². The van der Waals surface area contributed by atoms with Crippen molar-refractivity contribution in [2.24, 2.45) is 0 Å². The summed E-state index contributed by atoms with van der Waals surface area (Å²) in [7, 11) is 0. The second kappa shape index (κ2) is 10.7. The number of carbonyl (C=O) groups is 2.